The monoisotopic (exact) mass is 353 g/mol. The molecule has 0 heterocycles. The average molecular weight is 354 g/mol. The molecule has 1 amide bonds. The molecular formula is C16H20BrNO3. The molecule has 0 bridgehead atoms. The number of halogens is 1. The number of hydrogen-bond acceptors (Lipinski definition) is 2. The van der Waals surface area contributed by atoms with Gasteiger partial charge in [-0.25, -0.2) is 0 Å². The van der Waals surface area contributed by atoms with Crippen molar-refractivity contribution in [3.05, 3.63) is 33.8 Å². The second-order valence-electron chi connectivity index (χ2n) is 5.78. The van der Waals surface area contributed by atoms with Crippen LogP contribution in [0.5, 0.6) is 0 Å². The highest BCUT2D eigenvalue weighted by Gasteiger charge is 2.26. The first-order valence-corrected chi connectivity index (χ1v) is 8.03. The maximum absolute atomic E-state index is 12.1. The van der Waals surface area contributed by atoms with E-state index in [1.807, 2.05) is 25.1 Å². The Kier molecular flexibility index (Phi) is 5.39. The number of carbonyl (C=O) groups is 2. The molecule has 1 aliphatic rings. The number of carboxylic acid groups (broad SMARTS) is 1. The molecule has 0 saturated heterocycles. The molecule has 114 valence electrons. The van der Waals surface area contributed by atoms with Crippen molar-refractivity contribution in [1.82, 2.24) is 5.32 Å². The highest BCUT2D eigenvalue weighted by atomic mass is 79.9. The Morgan fingerprint density at radius 1 is 1.24 bits per heavy atom. The third-order valence-corrected chi connectivity index (χ3v) is 4.51. The third kappa shape index (κ3) is 4.56. The van der Waals surface area contributed by atoms with Gasteiger partial charge in [0, 0.05) is 16.6 Å². The lowest BCUT2D eigenvalue weighted by Crippen LogP contribution is -2.32. The van der Waals surface area contributed by atoms with Gasteiger partial charge in [-0.3, -0.25) is 9.59 Å². The minimum atomic E-state index is -0.693. The Balaban J connectivity index is 1.83. The highest BCUT2D eigenvalue weighted by Crippen LogP contribution is 2.28. The summed E-state index contributed by atoms with van der Waals surface area (Å²) in [7, 11) is 0. The topological polar surface area (TPSA) is 66.4 Å². The van der Waals surface area contributed by atoms with Crippen molar-refractivity contribution in [2.24, 2.45) is 11.8 Å². The fourth-order valence-electron chi connectivity index (χ4n) is 2.82. The zero-order chi connectivity index (χ0) is 15.4. The minimum absolute atomic E-state index is 0.0697. The van der Waals surface area contributed by atoms with Crippen molar-refractivity contribution < 1.29 is 14.7 Å². The summed E-state index contributed by atoms with van der Waals surface area (Å²) in [5.74, 6) is -0.579. The summed E-state index contributed by atoms with van der Waals surface area (Å²) in [6, 6.07) is 5.63. The van der Waals surface area contributed by atoms with Gasteiger partial charge in [-0.1, -0.05) is 15.9 Å². The van der Waals surface area contributed by atoms with E-state index in [2.05, 4.69) is 21.2 Å². The number of aliphatic carboxylic acids is 1. The Hall–Kier alpha value is -1.36. The number of rotatable bonds is 4. The van der Waals surface area contributed by atoms with E-state index in [4.69, 9.17) is 5.11 Å². The van der Waals surface area contributed by atoms with E-state index >= 15 is 0 Å². The first-order valence-electron chi connectivity index (χ1n) is 7.24. The molecule has 1 aromatic carbocycles. The zero-order valence-corrected chi connectivity index (χ0v) is 13.6. The van der Waals surface area contributed by atoms with Gasteiger partial charge in [0.05, 0.1) is 5.92 Å². The molecular weight excluding hydrogens is 334 g/mol. The zero-order valence-electron chi connectivity index (χ0n) is 12.1. The largest absolute Gasteiger partial charge is 0.481 e. The maximum atomic E-state index is 12.1. The van der Waals surface area contributed by atoms with Gasteiger partial charge < -0.3 is 10.4 Å². The van der Waals surface area contributed by atoms with Gasteiger partial charge >= 0.3 is 5.97 Å². The van der Waals surface area contributed by atoms with E-state index in [0.717, 1.165) is 22.9 Å². The predicted molar refractivity (Wildman–Crippen MR) is 84.3 cm³/mol. The van der Waals surface area contributed by atoms with Crippen LogP contribution in [0.25, 0.3) is 0 Å². The molecule has 4 nitrogen and oxygen atoms in total. The van der Waals surface area contributed by atoms with E-state index in [-0.39, 0.29) is 11.8 Å². The Morgan fingerprint density at radius 3 is 2.48 bits per heavy atom. The van der Waals surface area contributed by atoms with Gasteiger partial charge in [0.1, 0.15) is 0 Å². The molecule has 1 fully saturated rings. The summed E-state index contributed by atoms with van der Waals surface area (Å²) in [6.07, 6.45) is 3.17. The molecule has 2 N–H and O–H groups in total. The van der Waals surface area contributed by atoms with Crippen molar-refractivity contribution in [2.75, 3.05) is 6.54 Å². The predicted octanol–water partition coefficient (Wildman–Crippen LogP) is 3.38. The van der Waals surface area contributed by atoms with Crippen LogP contribution < -0.4 is 5.32 Å². The SMILES string of the molecule is Cc1cc(Br)cc(C(=O)NCC2CCC(C(=O)O)CC2)c1. The van der Waals surface area contributed by atoms with E-state index in [1.54, 1.807) is 0 Å². The summed E-state index contributed by atoms with van der Waals surface area (Å²) in [6.45, 7) is 2.57. The standard InChI is InChI=1S/C16H20BrNO3/c1-10-6-13(8-14(17)7-10)15(19)18-9-11-2-4-12(5-3-11)16(20)21/h6-8,11-12H,2-5,9H2,1H3,(H,18,19)(H,20,21). The van der Waals surface area contributed by atoms with Gasteiger partial charge in [-0.2, -0.15) is 0 Å². The first-order chi connectivity index (χ1) is 9.95. The van der Waals surface area contributed by atoms with Gasteiger partial charge in [0.2, 0.25) is 0 Å². The maximum Gasteiger partial charge on any atom is 0.306 e. The number of carbonyl (C=O) groups excluding carboxylic acids is 1. The molecule has 1 aliphatic carbocycles. The molecule has 21 heavy (non-hydrogen) atoms. The van der Waals surface area contributed by atoms with Crippen molar-refractivity contribution in [2.45, 2.75) is 32.6 Å². The Morgan fingerprint density at radius 2 is 1.90 bits per heavy atom. The fraction of sp³-hybridized carbons (Fsp3) is 0.500. The van der Waals surface area contributed by atoms with Crippen LogP contribution in [0.3, 0.4) is 0 Å². The lowest BCUT2D eigenvalue weighted by Gasteiger charge is -2.26. The summed E-state index contributed by atoms with van der Waals surface area (Å²) in [4.78, 5) is 23.0. The van der Waals surface area contributed by atoms with Crippen LogP contribution in [0, 0.1) is 18.8 Å². The quantitative estimate of drug-likeness (QED) is 0.871. The molecule has 0 unspecified atom stereocenters. The van der Waals surface area contributed by atoms with Crippen LogP contribution in [-0.4, -0.2) is 23.5 Å². The fourth-order valence-corrected chi connectivity index (χ4v) is 3.43. The minimum Gasteiger partial charge on any atom is -0.481 e. The number of aryl methyl sites for hydroxylation is 1. The Bertz CT molecular complexity index is 516. The van der Waals surface area contributed by atoms with Crippen LogP contribution in [-0.2, 0) is 4.79 Å². The smallest absolute Gasteiger partial charge is 0.306 e. The molecule has 0 atom stereocenters. The first kappa shape index (κ1) is 16.0. The molecule has 1 aromatic rings. The molecule has 0 aromatic heterocycles. The van der Waals surface area contributed by atoms with Crippen LogP contribution in [0.2, 0.25) is 0 Å². The highest BCUT2D eigenvalue weighted by molar-refractivity contribution is 9.10. The van der Waals surface area contributed by atoms with Gasteiger partial charge in [0.15, 0.2) is 0 Å². The molecule has 0 radical (unpaired) electrons. The number of carboxylic acids is 1. The number of amides is 1. The lowest BCUT2D eigenvalue weighted by molar-refractivity contribution is -0.143. The molecule has 1 saturated carbocycles. The number of nitrogens with one attached hydrogen (secondary N) is 1. The van der Waals surface area contributed by atoms with E-state index in [9.17, 15) is 9.59 Å². The van der Waals surface area contributed by atoms with Crippen molar-refractivity contribution in [3.63, 3.8) is 0 Å². The van der Waals surface area contributed by atoms with E-state index in [1.165, 1.54) is 0 Å². The second-order valence-corrected chi connectivity index (χ2v) is 6.70. The van der Waals surface area contributed by atoms with Crippen LogP contribution >= 0.6 is 15.9 Å². The summed E-state index contributed by atoms with van der Waals surface area (Å²) >= 11 is 3.39. The summed E-state index contributed by atoms with van der Waals surface area (Å²) < 4.78 is 0.898. The van der Waals surface area contributed by atoms with Crippen LogP contribution in [0.15, 0.2) is 22.7 Å². The van der Waals surface area contributed by atoms with Gasteiger partial charge in [0.25, 0.3) is 5.91 Å². The molecule has 2 rings (SSSR count). The lowest BCUT2D eigenvalue weighted by atomic mass is 9.82. The number of benzene rings is 1. The molecule has 5 heteroatoms. The normalized spacial score (nSPS) is 21.8. The van der Waals surface area contributed by atoms with Gasteiger partial charge in [-0.05, 0) is 62.3 Å². The van der Waals surface area contributed by atoms with Crippen molar-refractivity contribution >= 4 is 27.8 Å². The van der Waals surface area contributed by atoms with Crippen LogP contribution in [0.1, 0.15) is 41.6 Å². The number of hydrogen-bond donors (Lipinski definition) is 2. The van der Waals surface area contributed by atoms with Crippen molar-refractivity contribution in [3.8, 4) is 0 Å². The second kappa shape index (κ2) is 7.07. The van der Waals surface area contributed by atoms with Crippen LogP contribution in [0.4, 0.5) is 0 Å². The van der Waals surface area contributed by atoms with E-state index < -0.39 is 5.97 Å². The van der Waals surface area contributed by atoms with Crippen molar-refractivity contribution in [1.29, 1.82) is 0 Å². The van der Waals surface area contributed by atoms with E-state index in [0.29, 0.717) is 30.9 Å². The Labute approximate surface area is 133 Å². The summed E-state index contributed by atoms with van der Waals surface area (Å²) in [5.41, 5.74) is 1.69. The average Bonchev–Trinajstić information content (AvgIpc) is 2.44. The van der Waals surface area contributed by atoms with Gasteiger partial charge in [-0.15, -0.1) is 0 Å². The molecule has 0 spiro atoms. The molecule has 0 aliphatic heterocycles. The summed E-state index contributed by atoms with van der Waals surface area (Å²) in [5, 5.41) is 11.9. The third-order valence-electron chi connectivity index (χ3n) is 4.05.